The molecule has 2 heteroatoms. The van der Waals surface area contributed by atoms with Crippen LogP contribution >= 0.6 is 0 Å². The largest absolute Gasteiger partial charge is 0.303 e. The lowest BCUT2D eigenvalue weighted by Gasteiger charge is -2.23. The van der Waals surface area contributed by atoms with Crippen molar-refractivity contribution < 1.29 is 4.79 Å². The Bertz CT molecular complexity index is 401. The van der Waals surface area contributed by atoms with Gasteiger partial charge < -0.3 is 4.90 Å². The number of hydrogen-bond donors (Lipinski definition) is 0. The number of likely N-dealkylation sites (tertiary alicyclic amines) is 1. The quantitative estimate of drug-likeness (QED) is 0.770. The Morgan fingerprint density at radius 2 is 2.00 bits per heavy atom. The van der Waals surface area contributed by atoms with Crippen molar-refractivity contribution in [3.05, 3.63) is 35.9 Å². The second-order valence-electron chi connectivity index (χ2n) is 5.97. The Morgan fingerprint density at radius 1 is 1.26 bits per heavy atom. The van der Waals surface area contributed by atoms with Crippen molar-refractivity contribution in [2.45, 2.75) is 33.1 Å². The number of ketones is 1. The third kappa shape index (κ3) is 4.17. The normalized spacial score (nSPS) is 22.7. The average Bonchev–Trinajstić information content (AvgIpc) is 2.64. The summed E-state index contributed by atoms with van der Waals surface area (Å²) in [5.74, 6) is 1.21. The van der Waals surface area contributed by atoms with Gasteiger partial charge in [-0.2, -0.15) is 0 Å². The summed E-state index contributed by atoms with van der Waals surface area (Å²) in [6, 6.07) is 9.67. The molecule has 19 heavy (non-hydrogen) atoms. The third-order valence-electron chi connectivity index (χ3n) is 4.15. The van der Waals surface area contributed by atoms with Crippen LogP contribution in [0.5, 0.6) is 0 Å². The number of nitrogens with zero attached hydrogens (tertiary/aromatic N) is 1. The average molecular weight is 259 g/mol. The number of rotatable bonds is 4. The SMILES string of the molecule is CC1CCCN(CC(C)C(=O)c2ccccc2)CC1. The third-order valence-corrected chi connectivity index (χ3v) is 4.15. The minimum Gasteiger partial charge on any atom is -0.303 e. The smallest absolute Gasteiger partial charge is 0.166 e. The maximum atomic E-state index is 12.3. The topological polar surface area (TPSA) is 20.3 Å². The molecule has 2 atom stereocenters. The zero-order valence-electron chi connectivity index (χ0n) is 12.1. The number of benzene rings is 1. The van der Waals surface area contributed by atoms with E-state index in [4.69, 9.17) is 0 Å². The molecule has 1 aliphatic rings. The molecule has 0 N–H and O–H groups in total. The molecule has 2 nitrogen and oxygen atoms in total. The molecule has 0 radical (unpaired) electrons. The molecule has 2 unspecified atom stereocenters. The Labute approximate surface area is 116 Å². The van der Waals surface area contributed by atoms with Gasteiger partial charge in [-0.1, -0.05) is 44.2 Å². The molecule has 0 saturated carbocycles. The lowest BCUT2D eigenvalue weighted by atomic mass is 9.99. The van der Waals surface area contributed by atoms with Gasteiger partial charge >= 0.3 is 0 Å². The van der Waals surface area contributed by atoms with Crippen LogP contribution in [0.3, 0.4) is 0 Å². The van der Waals surface area contributed by atoms with Crippen LogP contribution < -0.4 is 0 Å². The van der Waals surface area contributed by atoms with E-state index in [1.54, 1.807) is 0 Å². The fraction of sp³-hybridized carbons (Fsp3) is 0.588. The van der Waals surface area contributed by atoms with Gasteiger partial charge in [-0.3, -0.25) is 4.79 Å². The molecule has 1 aromatic rings. The highest BCUT2D eigenvalue weighted by Gasteiger charge is 2.20. The van der Waals surface area contributed by atoms with Crippen LogP contribution in [0.4, 0.5) is 0 Å². The molecule has 104 valence electrons. The maximum absolute atomic E-state index is 12.3. The zero-order chi connectivity index (χ0) is 13.7. The minimum atomic E-state index is 0.0933. The molecule has 1 aliphatic heterocycles. The van der Waals surface area contributed by atoms with Crippen molar-refractivity contribution >= 4 is 5.78 Å². The van der Waals surface area contributed by atoms with Gasteiger partial charge in [0.05, 0.1) is 0 Å². The molecule has 1 aromatic carbocycles. The van der Waals surface area contributed by atoms with E-state index in [1.165, 1.54) is 19.3 Å². The highest BCUT2D eigenvalue weighted by Crippen LogP contribution is 2.18. The van der Waals surface area contributed by atoms with Gasteiger partial charge in [-0.25, -0.2) is 0 Å². The van der Waals surface area contributed by atoms with Gasteiger partial charge in [-0.15, -0.1) is 0 Å². The molecule has 0 spiro atoms. The van der Waals surface area contributed by atoms with Gasteiger partial charge in [0.25, 0.3) is 0 Å². The summed E-state index contributed by atoms with van der Waals surface area (Å²) < 4.78 is 0. The zero-order valence-corrected chi connectivity index (χ0v) is 12.1. The molecule has 1 fully saturated rings. The summed E-state index contributed by atoms with van der Waals surface area (Å²) in [5, 5.41) is 0. The molecule has 1 heterocycles. The number of hydrogen-bond acceptors (Lipinski definition) is 2. The van der Waals surface area contributed by atoms with Crippen molar-refractivity contribution in [1.82, 2.24) is 4.90 Å². The molecular formula is C17H25NO. The van der Waals surface area contributed by atoms with Crippen molar-refractivity contribution in [2.75, 3.05) is 19.6 Å². The van der Waals surface area contributed by atoms with Crippen LogP contribution in [0, 0.1) is 11.8 Å². The second kappa shape index (κ2) is 6.85. The van der Waals surface area contributed by atoms with E-state index in [-0.39, 0.29) is 11.7 Å². The first-order chi connectivity index (χ1) is 9.16. The summed E-state index contributed by atoms with van der Waals surface area (Å²) in [7, 11) is 0. The Balaban J connectivity index is 1.90. The Hall–Kier alpha value is -1.15. The summed E-state index contributed by atoms with van der Waals surface area (Å²) in [5.41, 5.74) is 0.846. The molecule has 2 rings (SSSR count). The van der Waals surface area contributed by atoms with Crippen LogP contribution in [0.15, 0.2) is 30.3 Å². The highest BCUT2D eigenvalue weighted by molar-refractivity contribution is 5.97. The fourth-order valence-corrected chi connectivity index (χ4v) is 2.86. The molecular weight excluding hydrogens is 234 g/mol. The first-order valence-corrected chi connectivity index (χ1v) is 7.48. The van der Waals surface area contributed by atoms with Gasteiger partial charge in [0, 0.05) is 18.0 Å². The molecule has 0 bridgehead atoms. The standard InChI is InChI=1S/C17H25NO/c1-14-7-6-11-18(12-10-14)13-15(2)17(19)16-8-4-3-5-9-16/h3-5,8-9,14-15H,6-7,10-13H2,1-2H3. The first-order valence-electron chi connectivity index (χ1n) is 7.48. The van der Waals surface area contributed by atoms with Gasteiger partial charge in [-0.05, 0) is 38.3 Å². The number of Topliss-reactive ketones (excluding diaryl/α,β-unsaturated/α-hetero) is 1. The summed E-state index contributed by atoms with van der Waals surface area (Å²) in [4.78, 5) is 14.8. The number of carbonyl (C=O) groups is 1. The van der Waals surface area contributed by atoms with Crippen LogP contribution in [-0.4, -0.2) is 30.3 Å². The maximum Gasteiger partial charge on any atom is 0.166 e. The van der Waals surface area contributed by atoms with Crippen molar-refractivity contribution in [1.29, 1.82) is 0 Å². The van der Waals surface area contributed by atoms with E-state index >= 15 is 0 Å². The predicted molar refractivity (Wildman–Crippen MR) is 79.4 cm³/mol. The Kier molecular flexibility index (Phi) is 5.15. The summed E-state index contributed by atoms with van der Waals surface area (Å²) >= 11 is 0. The van der Waals surface area contributed by atoms with E-state index in [1.807, 2.05) is 30.3 Å². The molecule has 1 saturated heterocycles. The molecule has 0 aliphatic carbocycles. The Morgan fingerprint density at radius 3 is 2.74 bits per heavy atom. The number of carbonyl (C=O) groups excluding carboxylic acids is 1. The van der Waals surface area contributed by atoms with Gasteiger partial charge in [0.1, 0.15) is 0 Å². The lowest BCUT2D eigenvalue weighted by Crippen LogP contribution is -2.32. The van der Waals surface area contributed by atoms with E-state index in [9.17, 15) is 4.79 Å². The van der Waals surface area contributed by atoms with Crippen LogP contribution in [-0.2, 0) is 0 Å². The predicted octanol–water partition coefficient (Wildman–Crippen LogP) is 3.63. The summed E-state index contributed by atoms with van der Waals surface area (Å²) in [6.45, 7) is 7.59. The minimum absolute atomic E-state index is 0.0933. The summed E-state index contributed by atoms with van der Waals surface area (Å²) in [6.07, 6.45) is 3.87. The van der Waals surface area contributed by atoms with E-state index in [0.717, 1.165) is 31.1 Å². The van der Waals surface area contributed by atoms with Crippen LogP contribution in [0.1, 0.15) is 43.5 Å². The van der Waals surface area contributed by atoms with Crippen LogP contribution in [0.25, 0.3) is 0 Å². The lowest BCUT2D eigenvalue weighted by molar-refractivity contribution is 0.0895. The van der Waals surface area contributed by atoms with E-state index in [0.29, 0.717) is 0 Å². The van der Waals surface area contributed by atoms with E-state index < -0.39 is 0 Å². The van der Waals surface area contributed by atoms with Crippen molar-refractivity contribution in [3.8, 4) is 0 Å². The second-order valence-corrected chi connectivity index (χ2v) is 5.97. The van der Waals surface area contributed by atoms with Crippen LogP contribution in [0.2, 0.25) is 0 Å². The monoisotopic (exact) mass is 259 g/mol. The highest BCUT2D eigenvalue weighted by atomic mass is 16.1. The molecule has 0 aromatic heterocycles. The van der Waals surface area contributed by atoms with Gasteiger partial charge in [0.15, 0.2) is 5.78 Å². The fourth-order valence-electron chi connectivity index (χ4n) is 2.86. The van der Waals surface area contributed by atoms with E-state index in [2.05, 4.69) is 18.7 Å². The van der Waals surface area contributed by atoms with Gasteiger partial charge in [0.2, 0.25) is 0 Å². The molecule has 0 amide bonds. The first kappa shape index (κ1) is 14.3. The van der Waals surface area contributed by atoms with Crippen molar-refractivity contribution in [3.63, 3.8) is 0 Å². The van der Waals surface area contributed by atoms with Crippen molar-refractivity contribution in [2.24, 2.45) is 11.8 Å².